The molecule has 5 nitrogen and oxygen atoms in total. The summed E-state index contributed by atoms with van der Waals surface area (Å²) in [7, 11) is 0. The maximum Gasteiger partial charge on any atom is 0.250 e. The molecule has 3 rings (SSSR count). The first-order valence-electron chi connectivity index (χ1n) is 8.78. The Balaban J connectivity index is 1.50. The van der Waals surface area contributed by atoms with E-state index in [9.17, 15) is 4.79 Å². The highest BCUT2D eigenvalue weighted by atomic mass is 32.2. The highest BCUT2D eigenvalue weighted by Crippen LogP contribution is 2.29. The molecule has 1 aromatic heterocycles. The highest BCUT2D eigenvalue weighted by Gasteiger charge is 2.07. The predicted molar refractivity (Wildman–Crippen MR) is 113 cm³/mol. The van der Waals surface area contributed by atoms with Gasteiger partial charge in [-0.05, 0) is 30.7 Å². The average molecular weight is 400 g/mol. The number of hydrogen-bond acceptors (Lipinski definition) is 6. The fourth-order valence-electron chi connectivity index (χ4n) is 2.29. The van der Waals surface area contributed by atoms with Gasteiger partial charge in [0, 0.05) is 5.56 Å². The summed E-state index contributed by atoms with van der Waals surface area (Å²) in [5.41, 5.74) is 4.36. The number of para-hydroxylation sites is 2. The first-order valence-corrected chi connectivity index (χ1v) is 10.6. The SMILES string of the molecule is CCCCOc1ccccc1C=NNC(=O)CSc1nc2ccccc2s1. The zero-order chi connectivity index (χ0) is 18.9. The van der Waals surface area contributed by atoms with Crippen LogP contribution in [0, 0.1) is 0 Å². The number of aromatic nitrogens is 1. The predicted octanol–water partition coefficient (Wildman–Crippen LogP) is 4.72. The van der Waals surface area contributed by atoms with Gasteiger partial charge < -0.3 is 4.74 Å². The van der Waals surface area contributed by atoms with Crippen LogP contribution in [0.3, 0.4) is 0 Å². The molecule has 3 aromatic rings. The summed E-state index contributed by atoms with van der Waals surface area (Å²) < 4.78 is 7.76. The number of thiazole rings is 1. The highest BCUT2D eigenvalue weighted by molar-refractivity contribution is 8.01. The van der Waals surface area contributed by atoms with E-state index in [1.165, 1.54) is 11.8 Å². The molecule has 0 saturated carbocycles. The number of hydrazone groups is 1. The molecule has 1 amide bonds. The van der Waals surface area contributed by atoms with Crippen LogP contribution in [0.5, 0.6) is 5.75 Å². The van der Waals surface area contributed by atoms with Gasteiger partial charge in [-0.3, -0.25) is 4.79 Å². The Bertz CT molecular complexity index is 891. The molecule has 0 fully saturated rings. The van der Waals surface area contributed by atoms with E-state index in [-0.39, 0.29) is 11.7 Å². The lowest BCUT2D eigenvalue weighted by atomic mass is 10.2. The van der Waals surface area contributed by atoms with Crippen LogP contribution in [0.15, 0.2) is 58.0 Å². The maximum absolute atomic E-state index is 12.0. The number of hydrogen-bond donors (Lipinski definition) is 1. The van der Waals surface area contributed by atoms with Crippen LogP contribution in [-0.4, -0.2) is 29.5 Å². The van der Waals surface area contributed by atoms with Gasteiger partial charge >= 0.3 is 0 Å². The van der Waals surface area contributed by atoms with Gasteiger partial charge in [-0.15, -0.1) is 11.3 Å². The third kappa shape index (κ3) is 5.80. The van der Waals surface area contributed by atoms with Gasteiger partial charge in [0.05, 0.1) is 28.8 Å². The van der Waals surface area contributed by atoms with E-state index in [4.69, 9.17) is 4.74 Å². The number of rotatable bonds is 9. The minimum Gasteiger partial charge on any atom is -0.493 e. The van der Waals surface area contributed by atoms with Crippen LogP contribution in [0.25, 0.3) is 10.2 Å². The summed E-state index contributed by atoms with van der Waals surface area (Å²) in [5, 5.41) is 4.05. The molecule has 0 bridgehead atoms. The third-order valence-corrected chi connectivity index (χ3v) is 5.85. The second-order valence-corrected chi connectivity index (χ2v) is 8.02. The Kier molecular flexibility index (Phi) is 7.24. The number of ether oxygens (including phenoxy) is 1. The summed E-state index contributed by atoms with van der Waals surface area (Å²) >= 11 is 3.00. The van der Waals surface area contributed by atoms with Crippen LogP contribution in [0.2, 0.25) is 0 Å². The largest absolute Gasteiger partial charge is 0.493 e. The second kappa shape index (κ2) is 10.1. The van der Waals surface area contributed by atoms with E-state index in [1.807, 2.05) is 48.5 Å². The number of thioether (sulfide) groups is 1. The van der Waals surface area contributed by atoms with Gasteiger partial charge in [0.1, 0.15) is 5.75 Å². The van der Waals surface area contributed by atoms with E-state index in [1.54, 1.807) is 17.6 Å². The monoisotopic (exact) mass is 399 g/mol. The molecule has 0 radical (unpaired) electrons. The van der Waals surface area contributed by atoms with Gasteiger partial charge in [0.25, 0.3) is 5.91 Å². The Morgan fingerprint density at radius 1 is 1.26 bits per heavy atom. The van der Waals surface area contributed by atoms with E-state index < -0.39 is 0 Å². The van der Waals surface area contributed by atoms with Crippen molar-refractivity contribution in [2.45, 2.75) is 24.1 Å². The fraction of sp³-hybridized carbons (Fsp3) is 0.250. The average Bonchev–Trinajstić information content (AvgIpc) is 3.11. The molecule has 140 valence electrons. The van der Waals surface area contributed by atoms with Crippen molar-refractivity contribution in [3.05, 3.63) is 54.1 Å². The van der Waals surface area contributed by atoms with Crippen LogP contribution < -0.4 is 10.2 Å². The Labute approximate surface area is 166 Å². The first-order chi connectivity index (χ1) is 13.3. The number of benzene rings is 2. The van der Waals surface area contributed by atoms with Crippen molar-refractivity contribution in [1.82, 2.24) is 10.4 Å². The molecule has 0 unspecified atom stereocenters. The maximum atomic E-state index is 12.0. The van der Waals surface area contributed by atoms with Gasteiger partial charge in [0.15, 0.2) is 4.34 Å². The van der Waals surface area contributed by atoms with Crippen molar-refractivity contribution < 1.29 is 9.53 Å². The van der Waals surface area contributed by atoms with Gasteiger partial charge in [-0.1, -0.05) is 49.4 Å². The molecule has 0 saturated heterocycles. The van der Waals surface area contributed by atoms with Gasteiger partial charge in [-0.2, -0.15) is 5.10 Å². The summed E-state index contributed by atoms with van der Waals surface area (Å²) in [6.45, 7) is 2.80. The minimum absolute atomic E-state index is 0.167. The van der Waals surface area contributed by atoms with Crippen molar-refractivity contribution in [3.8, 4) is 5.75 Å². The van der Waals surface area contributed by atoms with E-state index in [2.05, 4.69) is 22.4 Å². The second-order valence-electron chi connectivity index (χ2n) is 5.77. The summed E-state index contributed by atoms with van der Waals surface area (Å²) in [6.07, 6.45) is 3.70. The van der Waals surface area contributed by atoms with E-state index >= 15 is 0 Å². The summed E-state index contributed by atoms with van der Waals surface area (Å²) in [4.78, 5) is 16.5. The molecule has 0 aliphatic rings. The van der Waals surface area contributed by atoms with Gasteiger partial charge in [-0.25, -0.2) is 10.4 Å². The van der Waals surface area contributed by atoms with Crippen molar-refractivity contribution in [2.75, 3.05) is 12.4 Å². The van der Waals surface area contributed by atoms with Crippen LogP contribution in [-0.2, 0) is 4.79 Å². The molecule has 0 spiro atoms. The number of carbonyl (C=O) groups excluding carboxylic acids is 1. The molecule has 0 atom stereocenters. The molecular formula is C20H21N3O2S2. The topological polar surface area (TPSA) is 63.6 Å². The molecular weight excluding hydrogens is 378 g/mol. The molecule has 2 aromatic carbocycles. The molecule has 7 heteroatoms. The third-order valence-electron chi connectivity index (χ3n) is 3.67. The van der Waals surface area contributed by atoms with E-state index in [0.29, 0.717) is 6.61 Å². The van der Waals surface area contributed by atoms with Crippen LogP contribution in [0.4, 0.5) is 0 Å². The Morgan fingerprint density at radius 3 is 2.93 bits per heavy atom. The summed E-state index contributed by atoms with van der Waals surface area (Å²) in [6, 6.07) is 15.6. The molecule has 0 aliphatic carbocycles. The van der Waals surface area contributed by atoms with Crippen molar-refractivity contribution in [2.24, 2.45) is 5.10 Å². The molecule has 1 heterocycles. The Hall–Kier alpha value is -2.38. The molecule has 1 N–H and O–H groups in total. The lowest BCUT2D eigenvalue weighted by molar-refractivity contribution is -0.118. The minimum atomic E-state index is -0.167. The lowest BCUT2D eigenvalue weighted by Crippen LogP contribution is -2.19. The quantitative estimate of drug-likeness (QED) is 0.245. The number of nitrogens with zero attached hydrogens (tertiary/aromatic N) is 2. The number of fused-ring (bicyclic) bond motifs is 1. The smallest absolute Gasteiger partial charge is 0.250 e. The molecule has 27 heavy (non-hydrogen) atoms. The normalized spacial score (nSPS) is 11.1. The fourth-order valence-corrected chi connectivity index (χ4v) is 4.15. The van der Waals surface area contributed by atoms with E-state index in [0.717, 1.165) is 38.7 Å². The number of unbranched alkanes of at least 4 members (excludes halogenated alkanes) is 1. The number of amides is 1. The van der Waals surface area contributed by atoms with Crippen molar-refractivity contribution in [1.29, 1.82) is 0 Å². The lowest BCUT2D eigenvalue weighted by Gasteiger charge is -2.07. The van der Waals surface area contributed by atoms with Crippen molar-refractivity contribution in [3.63, 3.8) is 0 Å². The summed E-state index contributed by atoms with van der Waals surface area (Å²) in [5.74, 6) is 0.874. The molecule has 0 aliphatic heterocycles. The standard InChI is InChI=1S/C20H21N3O2S2/c1-2-3-12-25-17-10-6-4-8-15(17)13-21-23-19(24)14-26-20-22-16-9-5-7-11-18(16)27-20/h4-11,13H,2-3,12,14H2,1H3,(H,23,24). The van der Waals surface area contributed by atoms with Crippen molar-refractivity contribution >= 4 is 45.4 Å². The Morgan fingerprint density at radius 2 is 2.07 bits per heavy atom. The first kappa shape index (κ1) is 19.4. The zero-order valence-electron chi connectivity index (χ0n) is 15.1. The van der Waals surface area contributed by atoms with Gasteiger partial charge in [0.2, 0.25) is 0 Å². The van der Waals surface area contributed by atoms with Crippen LogP contribution >= 0.6 is 23.1 Å². The zero-order valence-corrected chi connectivity index (χ0v) is 16.7. The van der Waals surface area contributed by atoms with Crippen LogP contribution in [0.1, 0.15) is 25.3 Å². The number of carbonyl (C=O) groups is 1. The number of nitrogens with one attached hydrogen (secondary N) is 1.